The summed E-state index contributed by atoms with van der Waals surface area (Å²) >= 11 is 0. The van der Waals surface area contributed by atoms with E-state index in [0.29, 0.717) is 11.3 Å². The van der Waals surface area contributed by atoms with Crippen LogP contribution in [0.15, 0.2) is 18.2 Å². The Kier molecular flexibility index (Phi) is 1.58. The van der Waals surface area contributed by atoms with Crippen molar-refractivity contribution in [2.75, 3.05) is 5.32 Å². The van der Waals surface area contributed by atoms with Crippen molar-refractivity contribution in [1.29, 1.82) is 0 Å². The molecule has 0 aromatic heterocycles. The number of carbonyl (C=O) groups excluding carboxylic acids is 1. The van der Waals surface area contributed by atoms with Gasteiger partial charge < -0.3 is 10.4 Å². The molecule has 1 spiro atoms. The van der Waals surface area contributed by atoms with E-state index in [0.717, 1.165) is 18.4 Å². The average Bonchev–Trinajstić information content (AvgIpc) is 2.91. The van der Waals surface area contributed by atoms with E-state index in [1.165, 1.54) is 0 Å². The van der Waals surface area contributed by atoms with Gasteiger partial charge in [-0.15, -0.1) is 0 Å². The van der Waals surface area contributed by atoms with Crippen molar-refractivity contribution in [3.05, 3.63) is 29.3 Å². The van der Waals surface area contributed by atoms with Crippen molar-refractivity contribution in [1.82, 2.24) is 5.32 Å². The van der Waals surface area contributed by atoms with Gasteiger partial charge in [0.1, 0.15) is 0 Å². The van der Waals surface area contributed by atoms with Crippen LogP contribution in [0, 0.1) is 0 Å². The highest BCUT2D eigenvalue weighted by molar-refractivity contribution is 6.01. The molecule has 1 aliphatic heterocycles. The number of amides is 2. The fourth-order valence-corrected chi connectivity index (χ4v) is 2.21. The van der Waals surface area contributed by atoms with Gasteiger partial charge in [-0.25, -0.2) is 4.79 Å². The molecular weight excluding hydrogens is 208 g/mol. The molecule has 2 aliphatic rings. The van der Waals surface area contributed by atoms with Gasteiger partial charge in [-0.3, -0.25) is 10.1 Å². The van der Waals surface area contributed by atoms with Crippen molar-refractivity contribution >= 4 is 17.7 Å². The van der Waals surface area contributed by atoms with Crippen LogP contribution in [0.3, 0.4) is 0 Å². The van der Waals surface area contributed by atoms with Crippen LogP contribution in [0.4, 0.5) is 10.5 Å². The van der Waals surface area contributed by atoms with E-state index in [4.69, 9.17) is 5.11 Å². The summed E-state index contributed by atoms with van der Waals surface area (Å²) in [5, 5.41) is 13.8. The van der Waals surface area contributed by atoms with Crippen molar-refractivity contribution in [2.45, 2.75) is 18.4 Å². The molecular formula is C11H10N2O3. The summed E-state index contributed by atoms with van der Waals surface area (Å²) in [5.41, 5.74) is 1.88. The van der Waals surface area contributed by atoms with Crippen molar-refractivity contribution in [2.24, 2.45) is 0 Å². The predicted molar refractivity (Wildman–Crippen MR) is 56.5 cm³/mol. The lowest BCUT2D eigenvalue weighted by Gasteiger charge is -2.09. The second kappa shape index (κ2) is 2.75. The van der Waals surface area contributed by atoms with E-state index >= 15 is 0 Å². The summed E-state index contributed by atoms with van der Waals surface area (Å²) in [6.45, 7) is 0. The van der Waals surface area contributed by atoms with Crippen LogP contribution in [0.1, 0.15) is 28.8 Å². The van der Waals surface area contributed by atoms with Gasteiger partial charge in [0.2, 0.25) is 0 Å². The molecule has 5 nitrogen and oxygen atoms in total. The van der Waals surface area contributed by atoms with Crippen LogP contribution in [-0.4, -0.2) is 17.1 Å². The van der Waals surface area contributed by atoms with Crippen LogP contribution in [0.5, 0.6) is 0 Å². The van der Waals surface area contributed by atoms with Crippen LogP contribution in [0.2, 0.25) is 0 Å². The number of anilines is 1. The second-order valence-electron chi connectivity index (χ2n) is 4.23. The quantitative estimate of drug-likeness (QED) is 0.668. The number of fused-ring (bicyclic) bond motifs is 2. The first-order valence-electron chi connectivity index (χ1n) is 5.08. The summed E-state index contributed by atoms with van der Waals surface area (Å²) in [4.78, 5) is 22.1. The highest BCUT2D eigenvalue weighted by Gasteiger charge is 2.52. The minimum Gasteiger partial charge on any atom is -0.465 e. The van der Waals surface area contributed by atoms with E-state index in [-0.39, 0.29) is 11.4 Å². The Balaban J connectivity index is 2.04. The number of benzene rings is 1. The topological polar surface area (TPSA) is 78.4 Å². The molecule has 3 N–H and O–H groups in total. The van der Waals surface area contributed by atoms with Gasteiger partial charge in [0, 0.05) is 11.3 Å². The second-order valence-corrected chi connectivity index (χ2v) is 4.23. The maximum atomic E-state index is 11.6. The Morgan fingerprint density at radius 2 is 2.19 bits per heavy atom. The van der Waals surface area contributed by atoms with Crippen molar-refractivity contribution in [3.63, 3.8) is 0 Å². The molecule has 1 heterocycles. The molecule has 1 aromatic rings. The highest BCUT2D eigenvalue weighted by atomic mass is 16.4. The largest absolute Gasteiger partial charge is 0.465 e. The van der Waals surface area contributed by atoms with Crippen LogP contribution in [0.25, 0.3) is 0 Å². The lowest BCUT2D eigenvalue weighted by molar-refractivity contribution is 0.0952. The maximum Gasteiger partial charge on any atom is 0.409 e. The van der Waals surface area contributed by atoms with Crippen molar-refractivity contribution in [3.8, 4) is 0 Å². The van der Waals surface area contributed by atoms with E-state index in [1.807, 2.05) is 0 Å². The average molecular weight is 218 g/mol. The van der Waals surface area contributed by atoms with Gasteiger partial charge in [0.25, 0.3) is 5.91 Å². The Hall–Kier alpha value is -2.04. The van der Waals surface area contributed by atoms with Gasteiger partial charge in [-0.2, -0.15) is 0 Å². The molecule has 0 radical (unpaired) electrons. The third-order valence-electron chi connectivity index (χ3n) is 3.13. The summed E-state index contributed by atoms with van der Waals surface area (Å²) < 4.78 is 0. The molecule has 0 bridgehead atoms. The molecule has 3 rings (SSSR count). The molecule has 1 aliphatic carbocycles. The number of nitrogens with one attached hydrogen (secondary N) is 2. The predicted octanol–water partition coefficient (Wildman–Crippen LogP) is 1.51. The fraction of sp³-hybridized carbons (Fsp3) is 0.273. The molecule has 82 valence electrons. The van der Waals surface area contributed by atoms with Crippen LogP contribution < -0.4 is 10.6 Å². The number of carbonyl (C=O) groups is 2. The van der Waals surface area contributed by atoms with Gasteiger partial charge >= 0.3 is 6.09 Å². The summed E-state index contributed by atoms with van der Waals surface area (Å²) in [6, 6.07) is 5.02. The van der Waals surface area contributed by atoms with E-state index in [1.54, 1.807) is 18.2 Å². The summed E-state index contributed by atoms with van der Waals surface area (Å²) in [7, 11) is 0. The molecule has 0 saturated heterocycles. The molecule has 16 heavy (non-hydrogen) atoms. The molecule has 1 saturated carbocycles. The van der Waals surface area contributed by atoms with Gasteiger partial charge in [0.15, 0.2) is 0 Å². The fourth-order valence-electron chi connectivity index (χ4n) is 2.21. The highest BCUT2D eigenvalue weighted by Crippen LogP contribution is 2.50. The number of hydrogen-bond acceptors (Lipinski definition) is 2. The van der Waals surface area contributed by atoms with Crippen LogP contribution in [-0.2, 0) is 5.54 Å². The number of rotatable bonds is 1. The Morgan fingerprint density at radius 1 is 1.44 bits per heavy atom. The Bertz CT molecular complexity index is 506. The monoisotopic (exact) mass is 218 g/mol. The van der Waals surface area contributed by atoms with Gasteiger partial charge in [-0.05, 0) is 36.6 Å². The lowest BCUT2D eigenvalue weighted by Crippen LogP contribution is -2.25. The third-order valence-corrected chi connectivity index (χ3v) is 3.13. The molecule has 0 unspecified atom stereocenters. The lowest BCUT2D eigenvalue weighted by atomic mass is 10.0. The number of carboxylic acid groups (broad SMARTS) is 1. The Morgan fingerprint density at radius 3 is 2.81 bits per heavy atom. The minimum atomic E-state index is -1.10. The zero-order valence-electron chi connectivity index (χ0n) is 8.41. The van der Waals surface area contributed by atoms with Gasteiger partial charge in [-0.1, -0.05) is 0 Å². The normalized spacial score (nSPS) is 19.1. The molecule has 2 amide bonds. The zero-order chi connectivity index (χ0) is 11.3. The standard InChI is InChI=1S/C11H10N2O3/c14-9-7-2-1-6(12-10(15)16)5-8(7)11(13-9)3-4-11/h1-2,5,12H,3-4H2,(H,13,14)(H,15,16). The maximum absolute atomic E-state index is 11.6. The number of hydrogen-bond donors (Lipinski definition) is 3. The smallest absolute Gasteiger partial charge is 0.409 e. The summed E-state index contributed by atoms with van der Waals surface area (Å²) in [5.74, 6) is -0.0608. The van der Waals surface area contributed by atoms with E-state index < -0.39 is 6.09 Å². The molecule has 1 fully saturated rings. The van der Waals surface area contributed by atoms with Gasteiger partial charge in [0.05, 0.1) is 5.54 Å². The molecule has 5 heteroatoms. The molecule has 0 atom stereocenters. The molecule has 1 aromatic carbocycles. The Labute approximate surface area is 91.5 Å². The SMILES string of the molecule is O=C(O)Nc1ccc2c(c1)C1(CC1)NC2=O. The first kappa shape index (κ1) is 9.21. The van der Waals surface area contributed by atoms with E-state index in [9.17, 15) is 9.59 Å². The van der Waals surface area contributed by atoms with Crippen molar-refractivity contribution < 1.29 is 14.7 Å². The summed E-state index contributed by atoms with van der Waals surface area (Å²) in [6.07, 6.45) is 0.770. The first-order chi connectivity index (χ1) is 7.61. The zero-order valence-corrected chi connectivity index (χ0v) is 8.41. The minimum absolute atomic E-state index is 0.0608. The van der Waals surface area contributed by atoms with Crippen LogP contribution >= 0.6 is 0 Å². The third kappa shape index (κ3) is 1.18. The van der Waals surface area contributed by atoms with E-state index in [2.05, 4.69) is 10.6 Å². The first-order valence-corrected chi connectivity index (χ1v) is 5.08.